The summed E-state index contributed by atoms with van der Waals surface area (Å²) in [5.41, 5.74) is 1.49. The SMILES string of the molecule is COc1ccc(CNC(=O)[C@H]2C[C@H](NC(=O)c3cccn3C)[C@@H](O)C2)cc1. The minimum absolute atomic E-state index is 0.111. The Kier molecular flexibility index (Phi) is 5.81. The normalized spacial score (nSPS) is 21.7. The lowest BCUT2D eigenvalue weighted by atomic mass is 10.1. The van der Waals surface area contributed by atoms with Crippen LogP contribution in [0.15, 0.2) is 42.6 Å². The fourth-order valence-corrected chi connectivity index (χ4v) is 3.40. The zero-order chi connectivity index (χ0) is 19.4. The van der Waals surface area contributed by atoms with E-state index in [-0.39, 0.29) is 17.7 Å². The molecule has 2 aromatic rings. The highest BCUT2D eigenvalue weighted by molar-refractivity contribution is 5.93. The van der Waals surface area contributed by atoms with Crippen molar-refractivity contribution in [3.8, 4) is 5.75 Å². The van der Waals surface area contributed by atoms with Gasteiger partial charge in [-0.05, 0) is 42.7 Å². The van der Waals surface area contributed by atoms with Crippen LogP contribution in [0, 0.1) is 5.92 Å². The number of nitrogens with one attached hydrogen (secondary N) is 2. The molecular formula is C20H25N3O4. The van der Waals surface area contributed by atoms with Crippen molar-refractivity contribution >= 4 is 11.8 Å². The van der Waals surface area contributed by atoms with Crippen LogP contribution in [0.1, 0.15) is 28.9 Å². The number of ether oxygens (including phenoxy) is 1. The van der Waals surface area contributed by atoms with Gasteiger partial charge in [-0.1, -0.05) is 12.1 Å². The number of carbonyl (C=O) groups excluding carboxylic acids is 2. The van der Waals surface area contributed by atoms with E-state index in [2.05, 4.69) is 10.6 Å². The molecule has 0 aliphatic heterocycles. The average molecular weight is 371 g/mol. The molecule has 7 nitrogen and oxygen atoms in total. The molecule has 0 bridgehead atoms. The van der Waals surface area contributed by atoms with Gasteiger partial charge in [0.2, 0.25) is 5.91 Å². The van der Waals surface area contributed by atoms with Gasteiger partial charge in [0.15, 0.2) is 0 Å². The Balaban J connectivity index is 1.51. The molecule has 1 fully saturated rings. The summed E-state index contributed by atoms with van der Waals surface area (Å²) in [7, 11) is 3.39. The molecule has 1 aromatic carbocycles. The molecule has 3 rings (SSSR count). The number of aliphatic hydroxyl groups is 1. The summed E-state index contributed by atoms with van der Waals surface area (Å²) in [4.78, 5) is 24.8. The van der Waals surface area contributed by atoms with E-state index < -0.39 is 12.1 Å². The molecule has 144 valence electrons. The van der Waals surface area contributed by atoms with Gasteiger partial charge in [-0.15, -0.1) is 0 Å². The van der Waals surface area contributed by atoms with Gasteiger partial charge in [0.1, 0.15) is 11.4 Å². The van der Waals surface area contributed by atoms with Crippen molar-refractivity contribution in [3.63, 3.8) is 0 Å². The molecular weight excluding hydrogens is 346 g/mol. The molecule has 0 radical (unpaired) electrons. The van der Waals surface area contributed by atoms with Crippen molar-refractivity contribution in [3.05, 3.63) is 53.9 Å². The van der Waals surface area contributed by atoms with Gasteiger partial charge in [0.25, 0.3) is 5.91 Å². The number of methoxy groups -OCH3 is 1. The third-order valence-electron chi connectivity index (χ3n) is 5.02. The molecule has 3 N–H and O–H groups in total. The summed E-state index contributed by atoms with van der Waals surface area (Å²) in [5.74, 6) is 0.0871. The van der Waals surface area contributed by atoms with Crippen LogP contribution in [0.5, 0.6) is 5.75 Å². The molecule has 1 heterocycles. The fraction of sp³-hybridized carbons (Fsp3) is 0.400. The molecule has 7 heteroatoms. The molecule has 3 atom stereocenters. The standard InChI is InChI=1S/C20H25N3O4/c1-23-9-3-4-17(23)20(26)22-16-10-14(11-18(16)24)19(25)21-12-13-5-7-15(27-2)8-6-13/h3-9,14,16,18,24H,10-12H2,1-2H3,(H,21,25)(H,22,26)/t14-,16-,18-/m0/s1. The van der Waals surface area contributed by atoms with Gasteiger partial charge < -0.3 is 25.0 Å². The molecule has 1 aromatic heterocycles. The third-order valence-corrected chi connectivity index (χ3v) is 5.02. The lowest BCUT2D eigenvalue weighted by Gasteiger charge is -2.16. The smallest absolute Gasteiger partial charge is 0.268 e. The van der Waals surface area contributed by atoms with E-state index in [1.54, 1.807) is 37.1 Å². The number of aromatic nitrogens is 1. The van der Waals surface area contributed by atoms with Crippen LogP contribution < -0.4 is 15.4 Å². The van der Waals surface area contributed by atoms with E-state index in [0.717, 1.165) is 11.3 Å². The topological polar surface area (TPSA) is 92.6 Å². The zero-order valence-corrected chi connectivity index (χ0v) is 15.5. The Bertz CT molecular complexity index is 800. The molecule has 0 spiro atoms. The van der Waals surface area contributed by atoms with Gasteiger partial charge in [-0.2, -0.15) is 0 Å². The number of benzene rings is 1. The van der Waals surface area contributed by atoms with E-state index in [1.165, 1.54) is 0 Å². The number of amides is 2. The van der Waals surface area contributed by atoms with Crippen molar-refractivity contribution in [2.24, 2.45) is 13.0 Å². The lowest BCUT2D eigenvalue weighted by Crippen LogP contribution is -2.40. The van der Waals surface area contributed by atoms with Crippen LogP contribution >= 0.6 is 0 Å². The monoisotopic (exact) mass is 371 g/mol. The maximum absolute atomic E-state index is 12.4. The van der Waals surface area contributed by atoms with Crippen molar-refractivity contribution in [2.75, 3.05) is 7.11 Å². The van der Waals surface area contributed by atoms with E-state index in [4.69, 9.17) is 4.74 Å². The predicted octanol–water partition coefficient (Wildman–Crippen LogP) is 1.22. The van der Waals surface area contributed by atoms with E-state index >= 15 is 0 Å². The molecule has 1 aliphatic rings. The molecule has 1 aliphatic carbocycles. The van der Waals surface area contributed by atoms with Crippen molar-refractivity contribution in [1.29, 1.82) is 0 Å². The second-order valence-corrected chi connectivity index (χ2v) is 6.89. The van der Waals surface area contributed by atoms with Gasteiger partial charge in [0.05, 0.1) is 19.3 Å². The number of rotatable bonds is 6. The number of aryl methyl sites for hydroxylation is 1. The summed E-state index contributed by atoms with van der Waals surface area (Å²) >= 11 is 0. The third kappa shape index (κ3) is 4.49. The van der Waals surface area contributed by atoms with Crippen LogP contribution in [-0.2, 0) is 18.4 Å². The first-order chi connectivity index (χ1) is 13.0. The molecule has 0 saturated heterocycles. The fourth-order valence-electron chi connectivity index (χ4n) is 3.40. The first-order valence-electron chi connectivity index (χ1n) is 8.99. The maximum Gasteiger partial charge on any atom is 0.268 e. The summed E-state index contributed by atoms with van der Waals surface area (Å²) in [5, 5.41) is 16.0. The quantitative estimate of drug-likeness (QED) is 0.712. The van der Waals surface area contributed by atoms with Crippen LogP contribution in [0.4, 0.5) is 0 Å². The van der Waals surface area contributed by atoms with Crippen molar-refractivity contribution < 1.29 is 19.4 Å². The lowest BCUT2D eigenvalue weighted by molar-refractivity contribution is -0.125. The second-order valence-electron chi connectivity index (χ2n) is 6.89. The molecule has 27 heavy (non-hydrogen) atoms. The van der Waals surface area contributed by atoms with Gasteiger partial charge in [0, 0.05) is 25.7 Å². The van der Waals surface area contributed by atoms with E-state index in [9.17, 15) is 14.7 Å². The Morgan fingerprint density at radius 2 is 1.96 bits per heavy atom. The second kappa shape index (κ2) is 8.26. The summed E-state index contributed by atoms with van der Waals surface area (Å²) in [6.07, 6.45) is 1.82. The minimum Gasteiger partial charge on any atom is -0.497 e. The highest BCUT2D eigenvalue weighted by Gasteiger charge is 2.37. The predicted molar refractivity (Wildman–Crippen MR) is 100 cm³/mol. The number of aliphatic hydroxyl groups excluding tert-OH is 1. The Labute approximate surface area is 158 Å². The van der Waals surface area contributed by atoms with Gasteiger partial charge in [-0.3, -0.25) is 9.59 Å². The van der Waals surface area contributed by atoms with Crippen molar-refractivity contribution in [1.82, 2.24) is 15.2 Å². The highest BCUT2D eigenvalue weighted by atomic mass is 16.5. The maximum atomic E-state index is 12.4. The van der Waals surface area contributed by atoms with Gasteiger partial charge >= 0.3 is 0 Å². The van der Waals surface area contributed by atoms with Crippen LogP contribution in [-0.4, -0.2) is 40.7 Å². The average Bonchev–Trinajstić information content (AvgIpc) is 3.26. The molecule has 2 amide bonds. The Hall–Kier alpha value is -2.80. The van der Waals surface area contributed by atoms with Crippen LogP contribution in [0.3, 0.4) is 0 Å². The van der Waals surface area contributed by atoms with Crippen LogP contribution in [0.25, 0.3) is 0 Å². The minimum atomic E-state index is -0.731. The van der Waals surface area contributed by atoms with E-state index in [1.807, 2.05) is 24.3 Å². The number of carbonyl (C=O) groups is 2. The first kappa shape index (κ1) is 19.0. The summed E-state index contributed by atoms with van der Waals surface area (Å²) in [6.45, 7) is 0.412. The number of hydrogen-bond acceptors (Lipinski definition) is 4. The number of nitrogens with zero attached hydrogens (tertiary/aromatic N) is 1. The molecule has 0 unspecified atom stereocenters. The Morgan fingerprint density at radius 3 is 2.59 bits per heavy atom. The highest BCUT2D eigenvalue weighted by Crippen LogP contribution is 2.27. The summed E-state index contributed by atoms with van der Waals surface area (Å²) < 4.78 is 6.83. The van der Waals surface area contributed by atoms with Gasteiger partial charge in [-0.25, -0.2) is 0 Å². The Morgan fingerprint density at radius 1 is 1.22 bits per heavy atom. The van der Waals surface area contributed by atoms with Crippen molar-refractivity contribution in [2.45, 2.75) is 31.5 Å². The zero-order valence-electron chi connectivity index (χ0n) is 15.5. The largest absolute Gasteiger partial charge is 0.497 e. The first-order valence-corrected chi connectivity index (χ1v) is 8.99. The van der Waals surface area contributed by atoms with E-state index in [0.29, 0.717) is 25.1 Å². The summed E-state index contributed by atoms with van der Waals surface area (Å²) in [6, 6.07) is 10.6. The van der Waals surface area contributed by atoms with Crippen LogP contribution in [0.2, 0.25) is 0 Å². The molecule has 1 saturated carbocycles. The number of hydrogen-bond donors (Lipinski definition) is 3.